The lowest BCUT2D eigenvalue weighted by atomic mass is 9.55. The van der Waals surface area contributed by atoms with Crippen molar-refractivity contribution in [1.29, 1.82) is 0 Å². The fraction of sp³-hybridized carbons (Fsp3) is 0.606. The third-order valence-corrected chi connectivity index (χ3v) is 12.8. The fourth-order valence-electron chi connectivity index (χ4n) is 10.8. The highest BCUT2D eigenvalue weighted by Gasteiger charge is 2.78. The Hall–Kier alpha value is -2.13. The summed E-state index contributed by atoms with van der Waals surface area (Å²) in [5.74, 6) is 1.03. The van der Waals surface area contributed by atoms with Gasteiger partial charge in [0.15, 0.2) is 0 Å². The van der Waals surface area contributed by atoms with E-state index in [-0.39, 0.29) is 22.5 Å². The molecule has 1 aromatic heterocycles. The molecule has 1 aromatic carbocycles. The molecule has 3 aliphatic heterocycles. The quantitative estimate of drug-likeness (QED) is 0.462. The molecule has 1 unspecified atom stereocenters. The van der Waals surface area contributed by atoms with Crippen LogP contribution in [0.5, 0.6) is 0 Å². The number of benzene rings is 1. The summed E-state index contributed by atoms with van der Waals surface area (Å²) in [6, 6.07) is 8.70. The Morgan fingerprint density at radius 3 is 2.65 bits per heavy atom. The van der Waals surface area contributed by atoms with E-state index in [9.17, 15) is 20.4 Å². The highest BCUT2D eigenvalue weighted by Crippen LogP contribution is 2.80. The molecule has 0 radical (unpaired) electrons. The molecule has 2 aromatic rings. The molecular weight excluding hydrogens is 504 g/mol. The number of allylic oxidation sites excluding steroid dienone is 1. The number of ether oxygens (including phenoxy) is 1. The lowest BCUT2D eigenvalue weighted by Gasteiger charge is -2.57. The number of fused-ring (bicyclic) bond motifs is 4. The molecule has 2 bridgehead atoms. The summed E-state index contributed by atoms with van der Waals surface area (Å²) in [4.78, 5) is 6.34. The van der Waals surface area contributed by atoms with Crippen molar-refractivity contribution < 1.29 is 25.2 Å². The zero-order valence-corrected chi connectivity index (χ0v) is 22.9. The number of aliphatic hydroxyl groups excluding tert-OH is 4. The standard InChI is InChI=1S/C33H38N2O5/c1-30-6-4-21-11-23-28(38)29(39)24(35-16-25(36)26(37)17-35)14-31(23)7-8-33(21,40-31)27(30)12-22-13-32(22,30)20-3-2-18-5-9-34-15-19(18)10-20/h2-5,9-11,15,22,24-29,36-39H,6-8,12-14,16-17H2,1H3/t22-,24-,25-,26-,27+,28-,29-,30-,31+,32-,33?/m0/s1. The average Bonchev–Trinajstić information content (AvgIpc) is 3.37. The highest BCUT2D eigenvalue weighted by molar-refractivity contribution is 5.82. The topological polar surface area (TPSA) is 106 Å². The highest BCUT2D eigenvalue weighted by atomic mass is 16.5. The molecule has 7 nitrogen and oxygen atoms in total. The SMILES string of the molecule is C[C@]12CC=C3C=C4[C@H](O)[C@@H](O)[C@@H](N5C[C@H](O)[C@@H](O)C5)C[C@]45CCC3(O5)[C@@H]1C[C@H]1C[C@]12c1ccc2ccncc2c1. The molecule has 0 amide bonds. The number of pyridine rings is 1. The van der Waals surface area contributed by atoms with Crippen LogP contribution in [0.3, 0.4) is 0 Å². The summed E-state index contributed by atoms with van der Waals surface area (Å²) >= 11 is 0. The summed E-state index contributed by atoms with van der Waals surface area (Å²) < 4.78 is 7.37. The van der Waals surface area contributed by atoms with Crippen molar-refractivity contribution >= 4 is 10.8 Å². The normalized spacial score (nSPS) is 50.6. The van der Waals surface area contributed by atoms with Gasteiger partial charge in [-0.25, -0.2) is 0 Å². The van der Waals surface area contributed by atoms with Crippen LogP contribution < -0.4 is 0 Å². The van der Waals surface area contributed by atoms with Gasteiger partial charge in [0.1, 0.15) is 6.10 Å². The lowest BCUT2D eigenvalue weighted by molar-refractivity contribution is -0.170. The van der Waals surface area contributed by atoms with Gasteiger partial charge in [-0.1, -0.05) is 31.2 Å². The van der Waals surface area contributed by atoms with E-state index >= 15 is 0 Å². The van der Waals surface area contributed by atoms with E-state index in [0.717, 1.165) is 31.3 Å². The van der Waals surface area contributed by atoms with E-state index in [1.165, 1.54) is 28.3 Å². The molecular formula is C33H38N2O5. The van der Waals surface area contributed by atoms with Crippen molar-refractivity contribution in [3.05, 3.63) is 65.5 Å². The van der Waals surface area contributed by atoms with Gasteiger partial charge in [-0.15, -0.1) is 0 Å². The Bertz CT molecular complexity index is 1500. The zero-order chi connectivity index (χ0) is 27.2. The smallest absolute Gasteiger partial charge is 0.105 e. The molecule has 5 fully saturated rings. The molecule has 4 N–H and O–H groups in total. The number of likely N-dealkylation sites (tertiary alicyclic amines) is 1. The van der Waals surface area contributed by atoms with Gasteiger partial charge in [0.05, 0.1) is 29.5 Å². The maximum Gasteiger partial charge on any atom is 0.105 e. The van der Waals surface area contributed by atoms with Gasteiger partial charge in [0.2, 0.25) is 0 Å². The first-order valence-electron chi connectivity index (χ1n) is 15.1. The average molecular weight is 543 g/mol. The fourth-order valence-corrected chi connectivity index (χ4v) is 10.8. The maximum atomic E-state index is 11.4. The van der Waals surface area contributed by atoms with Gasteiger partial charge < -0.3 is 25.2 Å². The second-order valence-electron chi connectivity index (χ2n) is 14.3. The predicted octanol–water partition coefficient (Wildman–Crippen LogP) is 2.61. The van der Waals surface area contributed by atoms with Crippen molar-refractivity contribution in [2.75, 3.05) is 13.1 Å². The second-order valence-corrected chi connectivity index (χ2v) is 14.3. The third kappa shape index (κ3) is 2.75. The molecule has 210 valence electrons. The molecule has 9 rings (SSSR count). The van der Waals surface area contributed by atoms with Crippen LogP contribution in [-0.4, -0.2) is 85.1 Å². The summed E-state index contributed by atoms with van der Waals surface area (Å²) in [6.45, 7) is 3.10. The summed E-state index contributed by atoms with van der Waals surface area (Å²) in [5, 5.41) is 45.5. The van der Waals surface area contributed by atoms with E-state index < -0.39 is 30.0 Å². The number of nitrogens with zero attached hydrogens (tertiary/aromatic N) is 2. The molecule has 2 spiro atoms. The molecule has 3 saturated carbocycles. The van der Waals surface area contributed by atoms with Crippen LogP contribution in [0, 0.1) is 17.3 Å². The van der Waals surface area contributed by atoms with Crippen molar-refractivity contribution in [3.8, 4) is 0 Å². The summed E-state index contributed by atoms with van der Waals surface area (Å²) in [6.07, 6.45) is 10.4. The monoisotopic (exact) mass is 542 g/mol. The van der Waals surface area contributed by atoms with Crippen LogP contribution in [0.15, 0.2) is 60.0 Å². The number of β-amino-alcohol motifs (C(OH)–C–C–N with tert-alkyl or cyclic N) is 2. The summed E-state index contributed by atoms with van der Waals surface area (Å²) in [5.41, 5.74) is 2.70. The van der Waals surface area contributed by atoms with Crippen LogP contribution in [0.2, 0.25) is 0 Å². The molecule has 2 saturated heterocycles. The van der Waals surface area contributed by atoms with E-state index in [1.54, 1.807) is 0 Å². The number of aromatic nitrogens is 1. The number of hydrogen-bond acceptors (Lipinski definition) is 7. The van der Waals surface area contributed by atoms with E-state index in [1.807, 2.05) is 17.3 Å². The Balaban J connectivity index is 1.10. The third-order valence-electron chi connectivity index (χ3n) is 12.8. The molecule has 40 heavy (non-hydrogen) atoms. The maximum absolute atomic E-state index is 11.4. The zero-order valence-electron chi connectivity index (χ0n) is 22.9. The number of rotatable bonds is 2. The molecule has 11 atom stereocenters. The molecule has 7 aliphatic rings. The van der Waals surface area contributed by atoms with E-state index in [2.05, 4.69) is 48.3 Å². The first-order valence-corrected chi connectivity index (χ1v) is 15.1. The predicted molar refractivity (Wildman–Crippen MR) is 148 cm³/mol. The first-order chi connectivity index (χ1) is 19.2. The van der Waals surface area contributed by atoms with Crippen LogP contribution >= 0.6 is 0 Å². The van der Waals surface area contributed by atoms with Crippen LogP contribution in [0.4, 0.5) is 0 Å². The second kappa shape index (κ2) is 7.63. The molecule has 4 heterocycles. The first kappa shape index (κ1) is 24.5. The van der Waals surface area contributed by atoms with Gasteiger partial charge in [0.25, 0.3) is 0 Å². The minimum atomic E-state index is -1.02. The number of hydrogen-bond donors (Lipinski definition) is 4. The van der Waals surface area contributed by atoms with Gasteiger partial charge in [-0.05, 0) is 90.0 Å². The Labute approximate surface area is 234 Å². The van der Waals surface area contributed by atoms with Crippen LogP contribution in [0.25, 0.3) is 10.8 Å². The largest absolute Gasteiger partial charge is 0.389 e. The van der Waals surface area contributed by atoms with E-state index in [0.29, 0.717) is 31.3 Å². The van der Waals surface area contributed by atoms with Crippen molar-refractivity contribution in [1.82, 2.24) is 9.88 Å². The Morgan fingerprint density at radius 2 is 1.82 bits per heavy atom. The Kier molecular flexibility index (Phi) is 4.66. The molecule has 4 aliphatic carbocycles. The Morgan fingerprint density at radius 1 is 1.00 bits per heavy atom. The lowest BCUT2D eigenvalue weighted by Crippen LogP contribution is -2.63. The van der Waals surface area contributed by atoms with E-state index in [4.69, 9.17) is 4.74 Å². The van der Waals surface area contributed by atoms with Gasteiger partial charge >= 0.3 is 0 Å². The van der Waals surface area contributed by atoms with Gasteiger partial charge in [-0.3, -0.25) is 9.88 Å². The summed E-state index contributed by atoms with van der Waals surface area (Å²) in [7, 11) is 0. The number of aliphatic hydroxyl groups is 4. The molecule has 7 heteroatoms. The van der Waals surface area contributed by atoms with Crippen molar-refractivity contribution in [2.45, 2.75) is 92.5 Å². The van der Waals surface area contributed by atoms with Crippen molar-refractivity contribution in [3.63, 3.8) is 0 Å². The van der Waals surface area contributed by atoms with Crippen LogP contribution in [-0.2, 0) is 10.2 Å². The van der Waals surface area contributed by atoms with Gasteiger partial charge in [0, 0.05) is 42.3 Å². The van der Waals surface area contributed by atoms with Crippen LogP contribution in [0.1, 0.15) is 51.0 Å². The minimum Gasteiger partial charge on any atom is -0.389 e. The van der Waals surface area contributed by atoms with Gasteiger partial charge in [-0.2, -0.15) is 0 Å². The van der Waals surface area contributed by atoms with Crippen molar-refractivity contribution in [2.24, 2.45) is 17.3 Å². The minimum absolute atomic E-state index is 0.0727.